The Morgan fingerprint density at radius 1 is 0.939 bits per heavy atom. The maximum atomic E-state index is 12.3. The van der Waals surface area contributed by atoms with Gasteiger partial charge >= 0.3 is 11.9 Å². The van der Waals surface area contributed by atoms with Crippen molar-refractivity contribution in [2.75, 3.05) is 0 Å². The zero-order chi connectivity index (χ0) is 36.3. The molecule has 14 atom stereocenters. The Bertz CT molecular complexity index is 1220. The van der Waals surface area contributed by atoms with Crippen molar-refractivity contribution in [3.8, 4) is 0 Å². The molecule has 2 saturated heterocycles. The van der Waals surface area contributed by atoms with Crippen LogP contribution in [0.4, 0.5) is 0 Å². The third kappa shape index (κ3) is 12.2. The van der Waals surface area contributed by atoms with Crippen molar-refractivity contribution < 1.29 is 64.3 Å². The van der Waals surface area contributed by atoms with Gasteiger partial charge in [0, 0.05) is 31.3 Å². The minimum absolute atomic E-state index is 0.00132. The molecule has 0 amide bonds. The van der Waals surface area contributed by atoms with E-state index in [0.717, 1.165) is 6.42 Å². The predicted octanol–water partition coefficient (Wildman–Crippen LogP) is 0.739. The van der Waals surface area contributed by atoms with E-state index in [-0.39, 0.29) is 25.2 Å². The van der Waals surface area contributed by atoms with Crippen LogP contribution in [-0.4, -0.2) is 121 Å². The van der Waals surface area contributed by atoms with Crippen LogP contribution < -0.4 is 5.73 Å². The smallest absolute Gasteiger partial charge is 0.330 e. The lowest BCUT2D eigenvalue weighted by molar-refractivity contribution is -0.308. The quantitative estimate of drug-likeness (QED) is 0.189. The molecule has 49 heavy (non-hydrogen) atoms. The van der Waals surface area contributed by atoms with Gasteiger partial charge in [-0.1, -0.05) is 61.6 Å². The fourth-order valence-corrected chi connectivity index (χ4v) is 6.29. The number of allylic oxidation sites excluding steroid dienone is 6. The van der Waals surface area contributed by atoms with E-state index in [2.05, 4.69) is 0 Å². The molecule has 2 unspecified atom stereocenters. The van der Waals surface area contributed by atoms with Crippen LogP contribution in [0.1, 0.15) is 59.3 Å². The number of rotatable bonds is 4. The summed E-state index contributed by atoms with van der Waals surface area (Å²) in [6.07, 6.45) is 4.26. The molecular formula is C35H53NO13. The Hall–Kier alpha value is -2.76. The number of carboxylic acid groups (broad SMARTS) is 1. The van der Waals surface area contributed by atoms with Crippen LogP contribution in [0.25, 0.3) is 0 Å². The van der Waals surface area contributed by atoms with Crippen molar-refractivity contribution in [3.63, 3.8) is 0 Å². The lowest BCUT2D eigenvalue weighted by Gasteiger charge is -2.45. The lowest BCUT2D eigenvalue weighted by atomic mass is 9.83. The van der Waals surface area contributed by atoms with Gasteiger partial charge in [0.25, 0.3) is 0 Å². The Labute approximate surface area is 286 Å². The molecule has 3 rings (SSSR count). The fourth-order valence-electron chi connectivity index (χ4n) is 6.29. The van der Waals surface area contributed by atoms with Gasteiger partial charge in [0.2, 0.25) is 0 Å². The molecule has 14 heteroatoms. The lowest BCUT2D eigenvalue weighted by Crippen LogP contribution is -2.61. The molecule has 0 saturated carbocycles. The first-order valence-corrected chi connectivity index (χ1v) is 16.8. The van der Waals surface area contributed by atoms with Crippen molar-refractivity contribution in [2.45, 2.75) is 132 Å². The Kier molecular flexibility index (Phi) is 15.8. The second-order valence-corrected chi connectivity index (χ2v) is 13.1. The first kappa shape index (κ1) is 40.7. The average molecular weight is 696 g/mol. The third-order valence-corrected chi connectivity index (χ3v) is 9.05. The maximum absolute atomic E-state index is 12.3. The number of fused-ring (bicyclic) bond motifs is 2. The van der Waals surface area contributed by atoms with Crippen molar-refractivity contribution in [3.05, 3.63) is 60.8 Å². The van der Waals surface area contributed by atoms with Crippen molar-refractivity contribution in [2.24, 2.45) is 17.6 Å². The zero-order valence-corrected chi connectivity index (χ0v) is 28.2. The van der Waals surface area contributed by atoms with Crippen LogP contribution in [0, 0.1) is 11.8 Å². The van der Waals surface area contributed by atoms with E-state index in [1.807, 2.05) is 19.1 Å². The summed E-state index contributed by atoms with van der Waals surface area (Å²) in [6, 6.07) is -1.09. The van der Waals surface area contributed by atoms with E-state index in [1.54, 1.807) is 50.3 Å². The number of aliphatic hydroxyl groups excluding tert-OH is 5. The fraction of sp³-hybridized carbons (Fsp3) is 0.657. The second-order valence-electron chi connectivity index (χ2n) is 13.1. The van der Waals surface area contributed by atoms with Crippen molar-refractivity contribution in [1.82, 2.24) is 0 Å². The molecule has 0 radical (unpaired) electrons. The summed E-state index contributed by atoms with van der Waals surface area (Å²) in [7, 11) is 0. The minimum Gasteiger partial charge on any atom is -0.481 e. The molecule has 3 aliphatic heterocycles. The number of ether oxygens (including phenoxy) is 4. The first-order chi connectivity index (χ1) is 23.1. The van der Waals surface area contributed by atoms with E-state index in [9.17, 15) is 45.3 Å². The van der Waals surface area contributed by atoms with Crippen LogP contribution in [-0.2, 0) is 28.5 Å². The van der Waals surface area contributed by atoms with Gasteiger partial charge in [0.05, 0.1) is 48.8 Å². The topological polar surface area (TPSA) is 239 Å². The number of cyclic esters (lactones) is 1. The van der Waals surface area contributed by atoms with E-state index < -0.39 is 104 Å². The molecule has 2 bridgehead atoms. The average Bonchev–Trinajstić information content (AvgIpc) is 3.00. The number of aliphatic carboxylic acids is 1. The number of esters is 1. The van der Waals surface area contributed by atoms with Gasteiger partial charge in [-0.2, -0.15) is 0 Å². The molecule has 2 fully saturated rings. The normalized spacial score (nSPS) is 45.2. The molecular weight excluding hydrogens is 642 g/mol. The summed E-state index contributed by atoms with van der Waals surface area (Å²) in [5.74, 6) is -5.69. The van der Waals surface area contributed by atoms with E-state index in [4.69, 9.17) is 24.7 Å². The number of nitrogens with two attached hydrogens (primary N) is 1. The summed E-state index contributed by atoms with van der Waals surface area (Å²) < 4.78 is 23.1. The highest BCUT2D eigenvalue weighted by Gasteiger charge is 2.50. The van der Waals surface area contributed by atoms with Gasteiger partial charge < -0.3 is 60.4 Å². The molecule has 0 spiro atoms. The highest BCUT2D eigenvalue weighted by atomic mass is 16.7. The van der Waals surface area contributed by atoms with Gasteiger partial charge in [0.15, 0.2) is 12.1 Å². The predicted molar refractivity (Wildman–Crippen MR) is 176 cm³/mol. The molecule has 0 aromatic rings. The van der Waals surface area contributed by atoms with Crippen LogP contribution in [0.5, 0.6) is 0 Å². The van der Waals surface area contributed by atoms with Crippen LogP contribution in [0.15, 0.2) is 60.8 Å². The van der Waals surface area contributed by atoms with Crippen LogP contribution in [0.2, 0.25) is 0 Å². The number of carbonyl (C=O) groups excluding carboxylic acids is 1. The van der Waals surface area contributed by atoms with Crippen LogP contribution >= 0.6 is 0 Å². The summed E-state index contributed by atoms with van der Waals surface area (Å²) in [6.45, 7) is 5.32. The Morgan fingerprint density at radius 2 is 1.59 bits per heavy atom. The number of hydrogen-bond acceptors (Lipinski definition) is 13. The standard InChI is InChI=1S/C35H53NO13/c1-4-22-12-9-7-5-6-8-10-14-25(48-34-32(42)30(36)31(41)21(3)47-34)17-27-29(33(43)44)26(39)19-35(45,49-27)18-24(38)16-23(37)13-11-15-28(40)46-20(22)2/h5-12,14-15,20-27,29-32,34,37-39,41-42,45H,4,13,16-19,36H2,1-3H3,(H,43,44)/b7-5+,8-6+,12-9+,14-10+,15-11+/t20-,21-,22+,23?,24?,25+,26+,27+,29-,30+,31-,32+,34+,35-/m1/s1. The SMILES string of the molecule is CC[C@H]1/C=C/C=C/C=C/C=C/[C@H](O[C@@H]2O[C@H](C)[C@@H](O)[C@H](N)[C@@H]2O)C[C@@H]2O[C@](O)(CC(O)CC(O)C/C=C/C(=O)O[C@@H]1C)C[C@H](O)[C@H]2C(=O)O. The van der Waals surface area contributed by atoms with Gasteiger partial charge in [-0.3, -0.25) is 4.79 Å². The summed E-state index contributed by atoms with van der Waals surface area (Å²) in [4.78, 5) is 24.6. The van der Waals surface area contributed by atoms with Crippen LogP contribution in [0.3, 0.4) is 0 Å². The Balaban J connectivity index is 1.93. The molecule has 0 aromatic carbocycles. The number of carboxylic acids is 1. The number of carbonyl (C=O) groups is 2. The molecule has 276 valence electrons. The molecule has 0 aromatic heterocycles. The second kappa shape index (κ2) is 19.0. The third-order valence-electron chi connectivity index (χ3n) is 9.05. The van der Waals surface area contributed by atoms with Gasteiger partial charge in [-0.15, -0.1) is 0 Å². The zero-order valence-electron chi connectivity index (χ0n) is 28.2. The monoisotopic (exact) mass is 695 g/mol. The van der Waals surface area contributed by atoms with Gasteiger partial charge in [-0.05, 0) is 33.1 Å². The number of hydrogen-bond donors (Lipinski definition) is 8. The molecule has 0 aliphatic carbocycles. The van der Waals surface area contributed by atoms with E-state index in [1.165, 1.54) is 12.2 Å². The van der Waals surface area contributed by atoms with E-state index >= 15 is 0 Å². The number of aliphatic hydroxyl groups is 6. The maximum Gasteiger partial charge on any atom is 0.330 e. The van der Waals surface area contributed by atoms with E-state index in [0.29, 0.717) is 0 Å². The largest absolute Gasteiger partial charge is 0.481 e. The Morgan fingerprint density at radius 3 is 2.24 bits per heavy atom. The minimum atomic E-state index is -2.18. The molecule has 9 N–H and O–H groups in total. The first-order valence-electron chi connectivity index (χ1n) is 16.8. The summed E-state index contributed by atoms with van der Waals surface area (Å²) in [5, 5.41) is 74.4. The van der Waals surface area contributed by atoms with Crippen molar-refractivity contribution in [1.29, 1.82) is 0 Å². The van der Waals surface area contributed by atoms with Gasteiger partial charge in [0.1, 0.15) is 18.1 Å². The summed E-state index contributed by atoms with van der Waals surface area (Å²) >= 11 is 0. The molecule has 14 nitrogen and oxygen atoms in total. The van der Waals surface area contributed by atoms with Gasteiger partial charge in [-0.25, -0.2) is 4.79 Å². The highest BCUT2D eigenvalue weighted by Crippen LogP contribution is 2.38. The molecule has 3 heterocycles. The summed E-state index contributed by atoms with van der Waals surface area (Å²) in [5.41, 5.74) is 5.98. The molecule has 3 aliphatic rings. The highest BCUT2D eigenvalue weighted by molar-refractivity contribution is 5.82. The van der Waals surface area contributed by atoms with Crippen molar-refractivity contribution >= 4 is 11.9 Å².